The van der Waals surface area contributed by atoms with Crippen LogP contribution < -0.4 is 5.32 Å². The maximum atomic E-state index is 12.5. The maximum absolute atomic E-state index is 12.5. The molecule has 0 fully saturated rings. The monoisotopic (exact) mass is 382 g/mol. The van der Waals surface area contributed by atoms with Gasteiger partial charge in [0.15, 0.2) is 0 Å². The van der Waals surface area contributed by atoms with E-state index in [-0.39, 0.29) is 11.8 Å². The van der Waals surface area contributed by atoms with Crippen molar-refractivity contribution in [3.63, 3.8) is 0 Å². The Kier molecular flexibility index (Phi) is 8.31. The van der Waals surface area contributed by atoms with Crippen LogP contribution in [-0.4, -0.2) is 29.3 Å². The lowest BCUT2D eigenvalue weighted by Crippen LogP contribution is -2.48. The molecule has 0 spiro atoms. The van der Waals surface area contributed by atoms with E-state index in [2.05, 4.69) is 21.2 Å². The SMILES string of the molecule is CCCC(=O)N(Cc1cccc(Br)c1)[C@H](C)C(=O)NCC(C)C. The normalized spacial score (nSPS) is 12.1. The summed E-state index contributed by atoms with van der Waals surface area (Å²) in [7, 11) is 0. The molecule has 0 aliphatic rings. The van der Waals surface area contributed by atoms with Gasteiger partial charge in [-0.2, -0.15) is 0 Å². The molecule has 0 heterocycles. The first-order valence-corrected chi connectivity index (χ1v) is 8.96. The van der Waals surface area contributed by atoms with Gasteiger partial charge in [-0.05, 0) is 37.0 Å². The Hall–Kier alpha value is -1.36. The third-order valence-electron chi connectivity index (χ3n) is 3.56. The molecule has 5 heteroatoms. The molecule has 0 radical (unpaired) electrons. The highest BCUT2D eigenvalue weighted by Gasteiger charge is 2.25. The molecule has 0 saturated heterocycles. The predicted molar refractivity (Wildman–Crippen MR) is 96.9 cm³/mol. The summed E-state index contributed by atoms with van der Waals surface area (Å²) in [6.07, 6.45) is 1.23. The minimum atomic E-state index is -0.480. The Morgan fingerprint density at radius 2 is 1.96 bits per heavy atom. The Labute approximate surface area is 147 Å². The van der Waals surface area contributed by atoms with Crippen molar-refractivity contribution in [3.05, 3.63) is 34.3 Å². The maximum Gasteiger partial charge on any atom is 0.242 e. The summed E-state index contributed by atoms with van der Waals surface area (Å²) in [6, 6.07) is 7.35. The average molecular weight is 383 g/mol. The van der Waals surface area contributed by atoms with Gasteiger partial charge in [0, 0.05) is 24.0 Å². The molecule has 1 N–H and O–H groups in total. The van der Waals surface area contributed by atoms with Crippen molar-refractivity contribution in [2.45, 2.75) is 53.1 Å². The van der Waals surface area contributed by atoms with E-state index < -0.39 is 6.04 Å². The Morgan fingerprint density at radius 3 is 2.52 bits per heavy atom. The summed E-state index contributed by atoms with van der Waals surface area (Å²) in [4.78, 5) is 26.5. The molecule has 1 atom stereocenters. The second-order valence-corrected chi connectivity index (χ2v) is 7.13. The van der Waals surface area contributed by atoms with E-state index >= 15 is 0 Å². The number of carbonyl (C=O) groups is 2. The fraction of sp³-hybridized carbons (Fsp3) is 0.556. The first kappa shape index (κ1) is 19.7. The van der Waals surface area contributed by atoms with Crippen molar-refractivity contribution >= 4 is 27.7 Å². The summed E-state index contributed by atoms with van der Waals surface area (Å²) in [5.41, 5.74) is 1.01. The summed E-state index contributed by atoms with van der Waals surface area (Å²) in [5.74, 6) is 0.300. The second-order valence-electron chi connectivity index (χ2n) is 6.22. The van der Waals surface area contributed by atoms with Crippen LogP contribution in [0.15, 0.2) is 28.7 Å². The molecular weight excluding hydrogens is 356 g/mol. The summed E-state index contributed by atoms with van der Waals surface area (Å²) < 4.78 is 0.967. The van der Waals surface area contributed by atoms with Crippen molar-refractivity contribution in [2.24, 2.45) is 5.92 Å². The van der Waals surface area contributed by atoms with E-state index in [9.17, 15) is 9.59 Å². The number of nitrogens with zero attached hydrogens (tertiary/aromatic N) is 1. The number of hydrogen-bond donors (Lipinski definition) is 1. The van der Waals surface area contributed by atoms with Crippen LogP contribution in [0.4, 0.5) is 0 Å². The zero-order valence-corrected chi connectivity index (χ0v) is 16.0. The van der Waals surface area contributed by atoms with Gasteiger partial charge < -0.3 is 10.2 Å². The van der Waals surface area contributed by atoms with E-state index in [1.54, 1.807) is 11.8 Å². The predicted octanol–water partition coefficient (Wildman–Crippen LogP) is 3.74. The molecule has 128 valence electrons. The number of rotatable bonds is 8. The number of nitrogens with one attached hydrogen (secondary N) is 1. The molecule has 2 amide bonds. The number of halogens is 1. The van der Waals surface area contributed by atoms with Gasteiger partial charge in [0.25, 0.3) is 0 Å². The Balaban J connectivity index is 2.86. The molecular formula is C18H27BrN2O2. The van der Waals surface area contributed by atoms with Crippen LogP contribution in [0.3, 0.4) is 0 Å². The Morgan fingerprint density at radius 1 is 1.26 bits per heavy atom. The minimum absolute atomic E-state index is 0.0136. The molecule has 0 saturated carbocycles. The van der Waals surface area contributed by atoms with E-state index in [4.69, 9.17) is 0 Å². The summed E-state index contributed by atoms with van der Waals surface area (Å²) in [6.45, 7) is 8.92. The molecule has 0 aliphatic heterocycles. The largest absolute Gasteiger partial charge is 0.354 e. The fourth-order valence-electron chi connectivity index (χ4n) is 2.22. The fourth-order valence-corrected chi connectivity index (χ4v) is 2.67. The van der Waals surface area contributed by atoms with Gasteiger partial charge in [-0.1, -0.05) is 48.8 Å². The van der Waals surface area contributed by atoms with Crippen molar-refractivity contribution in [1.82, 2.24) is 10.2 Å². The zero-order valence-electron chi connectivity index (χ0n) is 14.4. The van der Waals surface area contributed by atoms with Gasteiger partial charge in [0.05, 0.1) is 0 Å². The standard InChI is InChI=1S/C18H27BrN2O2/c1-5-7-17(22)21(12-15-8-6-9-16(19)10-15)14(4)18(23)20-11-13(2)3/h6,8-10,13-14H,5,7,11-12H2,1-4H3,(H,20,23)/t14-/m1/s1. The number of amides is 2. The lowest BCUT2D eigenvalue weighted by atomic mass is 10.1. The average Bonchev–Trinajstić information content (AvgIpc) is 2.49. The molecule has 23 heavy (non-hydrogen) atoms. The van der Waals surface area contributed by atoms with Crippen molar-refractivity contribution < 1.29 is 9.59 Å². The van der Waals surface area contributed by atoms with E-state index in [1.165, 1.54) is 0 Å². The minimum Gasteiger partial charge on any atom is -0.354 e. The molecule has 0 unspecified atom stereocenters. The van der Waals surface area contributed by atoms with Crippen LogP contribution >= 0.6 is 15.9 Å². The third kappa shape index (κ3) is 6.73. The molecule has 0 aromatic heterocycles. The zero-order chi connectivity index (χ0) is 17.4. The molecule has 1 rings (SSSR count). The van der Waals surface area contributed by atoms with Gasteiger partial charge in [0.2, 0.25) is 11.8 Å². The lowest BCUT2D eigenvalue weighted by molar-refractivity contribution is -0.140. The van der Waals surface area contributed by atoms with Crippen LogP contribution in [0.25, 0.3) is 0 Å². The number of hydrogen-bond acceptors (Lipinski definition) is 2. The quantitative estimate of drug-likeness (QED) is 0.744. The highest BCUT2D eigenvalue weighted by Crippen LogP contribution is 2.16. The van der Waals surface area contributed by atoms with Gasteiger partial charge in [-0.15, -0.1) is 0 Å². The summed E-state index contributed by atoms with van der Waals surface area (Å²) >= 11 is 3.44. The molecule has 1 aromatic rings. The molecule has 0 bridgehead atoms. The van der Waals surface area contributed by atoms with Crippen LogP contribution in [0, 0.1) is 5.92 Å². The molecule has 0 aliphatic carbocycles. The van der Waals surface area contributed by atoms with Gasteiger partial charge in [-0.25, -0.2) is 0 Å². The summed E-state index contributed by atoms with van der Waals surface area (Å²) in [5, 5.41) is 2.91. The van der Waals surface area contributed by atoms with E-state index in [0.29, 0.717) is 25.4 Å². The lowest BCUT2D eigenvalue weighted by Gasteiger charge is -2.29. The molecule has 4 nitrogen and oxygen atoms in total. The first-order chi connectivity index (χ1) is 10.8. The number of benzene rings is 1. The van der Waals surface area contributed by atoms with Crippen LogP contribution in [-0.2, 0) is 16.1 Å². The van der Waals surface area contributed by atoms with E-state index in [1.807, 2.05) is 45.0 Å². The smallest absolute Gasteiger partial charge is 0.242 e. The van der Waals surface area contributed by atoms with Crippen LogP contribution in [0.1, 0.15) is 46.1 Å². The second kappa shape index (κ2) is 9.71. The number of carbonyl (C=O) groups excluding carboxylic acids is 2. The molecule has 1 aromatic carbocycles. The third-order valence-corrected chi connectivity index (χ3v) is 4.05. The van der Waals surface area contributed by atoms with Gasteiger partial charge in [-0.3, -0.25) is 9.59 Å². The van der Waals surface area contributed by atoms with Crippen LogP contribution in [0.5, 0.6) is 0 Å². The first-order valence-electron chi connectivity index (χ1n) is 8.16. The van der Waals surface area contributed by atoms with Crippen molar-refractivity contribution in [1.29, 1.82) is 0 Å². The van der Waals surface area contributed by atoms with Crippen molar-refractivity contribution in [3.8, 4) is 0 Å². The van der Waals surface area contributed by atoms with Crippen molar-refractivity contribution in [2.75, 3.05) is 6.54 Å². The van der Waals surface area contributed by atoms with Gasteiger partial charge in [0.1, 0.15) is 6.04 Å². The topological polar surface area (TPSA) is 49.4 Å². The van der Waals surface area contributed by atoms with Gasteiger partial charge >= 0.3 is 0 Å². The van der Waals surface area contributed by atoms with E-state index in [0.717, 1.165) is 16.5 Å². The Bertz CT molecular complexity index is 532. The highest BCUT2D eigenvalue weighted by atomic mass is 79.9. The highest BCUT2D eigenvalue weighted by molar-refractivity contribution is 9.10. The van der Waals surface area contributed by atoms with Crippen LogP contribution in [0.2, 0.25) is 0 Å².